The van der Waals surface area contributed by atoms with Crippen LogP contribution in [0.2, 0.25) is 0 Å². The maximum absolute atomic E-state index is 12.9. The van der Waals surface area contributed by atoms with E-state index in [0.717, 1.165) is 17.8 Å². The Morgan fingerprint density at radius 1 is 1.15 bits per heavy atom. The molecule has 0 aliphatic carbocycles. The number of benzene rings is 2. The van der Waals surface area contributed by atoms with E-state index in [1.807, 2.05) is 0 Å². The number of para-hydroxylation sites is 1. The third kappa shape index (κ3) is 5.78. The largest absolute Gasteiger partial charge is 0.508 e. The number of nitrogens with one attached hydrogen (secondary N) is 2. The molecule has 2 aromatic rings. The summed E-state index contributed by atoms with van der Waals surface area (Å²) in [5, 5.41) is 23.2. The van der Waals surface area contributed by atoms with Crippen molar-refractivity contribution in [1.29, 1.82) is 5.26 Å². The SMILES string of the molecule is N#C/C(=C/Nc1ccccc1C(F)(F)F)C(=O)NCCc1ccc(O)cc1. The van der Waals surface area contributed by atoms with Crippen molar-refractivity contribution in [2.45, 2.75) is 12.6 Å². The van der Waals surface area contributed by atoms with E-state index in [1.54, 1.807) is 18.2 Å². The first-order chi connectivity index (χ1) is 12.8. The number of anilines is 1. The molecule has 0 unspecified atom stereocenters. The summed E-state index contributed by atoms with van der Waals surface area (Å²) in [7, 11) is 0. The predicted octanol–water partition coefficient (Wildman–Crippen LogP) is 3.59. The van der Waals surface area contributed by atoms with Crippen molar-refractivity contribution in [2.24, 2.45) is 0 Å². The number of alkyl halides is 3. The lowest BCUT2D eigenvalue weighted by Gasteiger charge is -2.12. The third-order valence-electron chi connectivity index (χ3n) is 3.61. The molecule has 0 saturated carbocycles. The van der Waals surface area contributed by atoms with Gasteiger partial charge in [0.1, 0.15) is 17.4 Å². The maximum atomic E-state index is 12.9. The quantitative estimate of drug-likeness (QED) is 0.532. The second-order valence-corrected chi connectivity index (χ2v) is 5.53. The van der Waals surface area contributed by atoms with E-state index in [9.17, 15) is 23.1 Å². The van der Waals surface area contributed by atoms with Gasteiger partial charge in [-0.15, -0.1) is 0 Å². The molecule has 0 aliphatic heterocycles. The Morgan fingerprint density at radius 2 is 1.81 bits per heavy atom. The van der Waals surface area contributed by atoms with Crippen LogP contribution in [0.5, 0.6) is 5.75 Å². The number of carbonyl (C=O) groups excluding carboxylic acids is 1. The van der Waals surface area contributed by atoms with Crippen molar-refractivity contribution < 1.29 is 23.1 Å². The average Bonchev–Trinajstić information content (AvgIpc) is 2.63. The van der Waals surface area contributed by atoms with E-state index >= 15 is 0 Å². The van der Waals surface area contributed by atoms with Gasteiger partial charge in [0.15, 0.2) is 0 Å². The third-order valence-corrected chi connectivity index (χ3v) is 3.61. The van der Waals surface area contributed by atoms with E-state index in [1.165, 1.54) is 30.3 Å². The Bertz CT molecular complexity index is 869. The molecule has 1 amide bonds. The number of halogens is 3. The Morgan fingerprint density at radius 3 is 2.44 bits per heavy atom. The molecule has 0 heterocycles. The number of phenolic OH excluding ortho intramolecular Hbond substituents is 1. The van der Waals surface area contributed by atoms with Gasteiger partial charge in [0.05, 0.1) is 11.3 Å². The number of nitriles is 1. The first-order valence-corrected chi connectivity index (χ1v) is 7.90. The van der Waals surface area contributed by atoms with Gasteiger partial charge in [0.2, 0.25) is 0 Å². The Balaban J connectivity index is 1.98. The summed E-state index contributed by atoms with van der Waals surface area (Å²) < 4.78 is 38.8. The number of amides is 1. The van der Waals surface area contributed by atoms with Crippen molar-refractivity contribution in [2.75, 3.05) is 11.9 Å². The second-order valence-electron chi connectivity index (χ2n) is 5.53. The van der Waals surface area contributed by atoms with Crippen LogP contribution in [0, 0.1) is 11.3 Å². The minimum Gasteiger partial charge on any atom is -0.508 e. The van der Waals surface area contributed by atoms with E-state index in [-0.39, 0.29) is 23.6 Å². The molecular formula is C19H16F3N3O2. The molecule has 0 spiro atoms. The van der Waals surface area contributed by atoms with E-state index < -0.39 is 17.6 Å². The van der Waals surface area contributed by atoms with Crippen LogP contribution >= 0.6 is 0 Å². The van der Waals surface area contributed by atoms with Crippen LogP contribution in [0.15, 0.2) is 60.3 Å². The van der Waals surface area contributed by atoms with Crippen molar-refractivity contribution in [3.63, 3.8) is 0 Å². The standard InChI is InChI=1S/C19H16F3N3O2/c20-19(21,22)16-3-1-2-4-17(16)25-12-14(11-23)18(27)24-10-9-13-5-7-15(26)8-6-13/h1-8,12,25-26H,9-10H2,(H,24,27)/b14-12-. The summed E-state index contributed by atoms with van der Waals surface area (Å²) in [6, 6.07) is 12.8. The molecule has 140 valence electrons. The van der Waals surface area contributed by atoms with Crippen molar-refractivity contribution in [3.8, 4) is 11.8 Å². The highest BCUT2D eigenvalue weighted by atomic mass is 19.4. The van der Waals surface area contributed by atoms with Crippen LogP contribution in [-0.4, -0.2) is 17.6 Å². The van der Waals surface area contributed by atoms with Crippen LogP contribution in [0.1, 0.15) is 11.1 Å². The molecule has 0 fully saturated rings. The maximum Gasteiger partial charge on any atom is 0.418 e. The van der Waals surface area contributed by atoms with Crippen molar-refractivity contribution >= 4 is 11.6 Å². The summed E-state index contributed by atoms with van der Waals surface area (Å²) in [4.78, 5) is 12.0. The lowest BCUT2D eigenvalue weighted by Crippen LogP contribution is -2.27. The number of carbonyl (C=O) groups is 1. The summed E-state index contributed by atoms with van der Waals surface area (Å²) in [5.74, 6) is -0.573. The number of nitrogens with zero attached hydrogens (tertiary/aromatic N) is 1. The van der Waals surface area contributed by atoms with Crippen LogP contribution < -0.4 is 10.6 Å². The lowest BCUT2D eigenvalue weighted by atomic mass is 10.1. The highest BCUT2D eigenvalue weighted by molar-refractivity contribution is 5.97. The normalized spacial score (nSPS) is 11.6. The molecule has 2 aromatic carbocycles. The highest BCUT2D eigenvalue weighted by Crippen LogP contribution is 2.34. The molecule has 3 N–H and O–H groups in total. The minimum absolute atomic E-state index is 0.127. The monoisotopic (exact) mass is 375 g/mol. The molecule has 0 bridgehead atoms. The zero-order valence-corrected chi connectivity index (χ0v) is 14.0. The van der Waals surface area contributed by atoms with Gasteiger partial charge in [0.25, 0.3) is 5.91 Å². The Kier molecular flexibility index (Phi) is 6.44. The van der Waals surface area contributed by atoms with E-state index in [2.05, 4.69) is 10.6 Å². The molecule has 27 heavy (non-hydrogen) atoms. The van der Waals surface area contributed by atoms with Crippen LogP contribution in [0.3, 0.4) is 0 Å². The van der Waals surface area contributed by atoms with Gasteiger partial charge in [-0.1, -0.05) is 24.3 Å². The first kappa shape index (κ1) is 19.8. The van der Waals surface area contributed by atoms with Gasteiger partial charge >= 0.3 is 6.18 Å². The molecule has 0 radical (unpaired) electrons. The minimum atomic E-state index is -4.56. The molecule has 5 nitrogen and oxygen atoms in total. The molecule has 0 aromatic heterocycles. The highest BCUT2D eigenvalue weighted by Gasteiger charge is 2.33. The van der Waals surface area contributed by atoms with E-state index in [0.29, 0.717) is 6.42 Å². The fourth-order valence-electron chi connectivity index (χ4n) is 2.23. The zero-order valence-electron chi connectivity index (χ0n) is 14.0. The number of hydrogen-bond acceptors (Lipinski definition) is 4. The molecular weight excluding hydrogens is 359 g/mol. The molecule has 0 saturated heterocycles. The van der Waals surface area contributed by atoms with Gasteiger partial charge in [-0.05, 0) is 36.2 Å². The van der Waals surface area contributed by atoms with Crippen LogP contribution in [-0.2, 0) is 17.4 Å². The van der Waals surface area contributed by atoms with Crippen molar-refractivity contribution in [3.05, 3.63) is 71.4 Å². The predicted molar refractivity (Wildman–Crippen MR) is 93.6 cm³/mol. The second kappa shape index (κ2) is 8.76. The number of phenols is 1. The summed E-state index contributed by atoms with van der Waals surface area (Å²) in [6.07, 6.45) is -3.15. The summed E-state index contributed by atoms with van der Waals surface area (Å²) in [5.41, 5.74) is -0.633. The average molecular weight is 375 g/mol. The zero-order chi connectivity index (χ0) is 19.9. The molecule has 0 aliphatic rings. The first-order valence-electron chi connectivity index (χ1n) is 7.90. The lowest BCUT2D eigenvalue weighted by molar-refractivity contribution is -0.136. The number of rotatable bonds is 6. The number of aromatic hydroxyl groups is 1. The van der Waals surface area contributed by atoms with Crippen LogP contribution in [0.25, 0.3) is 0 Å². The summed E-state index contributed by atoms with van der Waals surface area (Å²) >= 11 is 0. The smallest absolute Gasteiger partial charge is 0.418 e. The van der Waals surface area contributed by atoms with Crippen LogP contribution in [0.4, 0.5) is 18.9 Å². The summed E-state index contributed by atoms with van der Waals surface area (Å²) in [6.45, 7) is 0.224. The number of hydrogen-bond donors (Lipinski definition) is 3. The van der Waals surface area contributed by atoms with Gasteiger partial charge < -0.3 is 15.7 Å². The fourth-order valence-corrected chi connectivity index (χ4v) is 2.23. The van der Waals surface area contributed by atoms with Gasteiger partial charge in [-0.3, -0.25) is 4.79 Å². The van der Waals surface area contributed by atoms with E-state index in [4.69, 9.17) is 5.26 Å². The fraction of sp³-hybridized carbons (Fsp3) is 0.158. The van der Waals surface area contributed by atoms with Gasteiger partial charge in [-0.2, -0.15) is 18.4 Å². The van der Waals surface area contributed by atoms with Gasteiger partial charge in [-0.25, -0.2) is 0 Å². The Labute approximate surface area is 153 Å². The molecule has 2 rings (SSSR count). The van der Waals surface area contributed by atoms with Gasteiger partial charge in [0, 0.05) is 12.7 Å². The molecule has 0 atom stereocenters. The van der Waals surface area contributed by atoms with Crippen molar-refractivity contribution in [1.82, 2.24) is 5.32 Å². The Hall–Kier alpha value is -3.47. The molecule has 8 heteroatoms. The topological polar surface area (TPSA) is 85.2 Å².